The highest BCUT2D eigenvalue weighted by molar-refractivity contribution is 7.92. The van der Waals surface area contributed by atoms with Gasteiger partial charge in [-0.25, -0.2) is 13.4 Å². The van der Waals surface area contributed by atoms with Crippen molar-refractivity contribution in [1.29, 1.82) is 0 Å². The fourth-order valence-corrected chi connectivity index (χ4v) is 4.13. The molecule has 0 aliphatic rings. The molecule has 0 aliphatic carbocycles. The van der Waals surface area contributed by atoms with Crippen molar-refractivity contribution in [2.75, 3.05) is 25.5 Å². The Kier molecular flexibility index (Phi) is 7.73. The van der Waals surface area contributed by atoms with Crippen LogP contribution in [0.2, 0.25) is 0 Å². The van der Waals surface area contributed by atoms with Crippen molar-refractivity contribution in [2.24, 2.45) is 0 Å². The van der Waals surface area contributed by atoms with Gasteiger partial charge in [-0.1, -0.05) is 6.92 Å². The molecule has 2 aromatic carbocycles. The van der Waals surface area contributed by atoms with Crippen LogP contribution >= 0.6 is 0 Å². The third-order valence-corrected chi connectivity index (χ3v) is 5.94. The topological polar surface area (TPSA) is 116 Å². The van der Waals surface area contributed by atoms with Crippen molar-refractivity contribution in [3.05, 3.63) is 66.4 Å². The zero-order valence-electron chi connectivity index (χ0n) is 18.5. The van der Waals surface area contributed by atoms with Gasteiger partial charge in [-0.2, -0.15) is 0 Å². The van der Waals surface area contributed by atoms with Gasteiger partial charge in [-0.05, 0) is 55.0 Å². The van der Waals surface area contributed by atoms with Crippen molar-refractivity contribution < 1.29 is 27.4 Å². The lowest BCUT2D eigenvalue weighted by Crippen LogP contribution is -2.24. The number of sulfonamides is 1. The second kappa shape index (κ2) is 10.7. The molecular formula is C23H25N3O6S. The number of benzene rings is 2. The van der Waals surface area contributed by atoms with E-state index in [-0.39, 0.29) is 22.4 Å². The Bertz CT molecular complexity index is 1210. The van der Waals surface area contributed by atoms with Crippen LogP contribution in [0.4, 0.5) is 5.69 Å². The molecule has 10 heteroatoms. The average Bonchev–Trinajstić information content (AvgIpc) is 2.83. The Hall–Kier alpha value is -3.79. The van der Waals surface area contributed by atoms with E-state index in [2.05, 4.69) is 15.0 Å². The first-order valence-corrected chi connectivity index (χ1v) is 11.6. The Labute approximate surface area is 192 Å². The van der Waals surface area contributed by atoms with Crippen LogP contribution in [0.5, 0.6) is 23.1 Å². The number of carbonyl (C=O) groups is 1. The van der Waals surface area contributed by atoms with Crippen LogP contribution in [-0.4, -0.2) is 40.1 Å². The van der Waals surface area contributed by atoms with Gasteiger partial charge in [0.1, 0.15) is 27.7 Å². The predicted molar refractivity (Wildman–Crippen MR) is 124 cm³/mol. The normalized spacial score (nSPS) is 10.9. The zero-order valence-corrected chi connectivity index (χ0v) is 19.3. The number of nitrogens with zero attached hydrogens (tertiary/aromatic N) is 1. The third kappa shape index (κ3) is 5.92. The molecule has 9 nitrogen and oxygen atoms in total. The van der Waals surface area contributed by atoms with E-state index >= 15 is 0 Å². The van der Waals surface area contributed by atoms with Crippen LogP contribution in [0.15, 0.2) is 65.7 Å². The number of rotatable bonds is 10. The minimum absolute atomic E-state index is 0.0547. The van der Waals surface area contributed by atoms with Crippen LogP contribution < -0.4 is 24.2 Å². The molecule has 0 saturated heterocycles. The quantitative estimate of drug-likeness (QED) is 0.462. The molecule has 1 amide bonds. The maximum Gasteiger partial charge on any atom is 0.265 e. The van der Waals surface area contributed by atoms with E-state index in [4.69, 9.17) is 14.2 Å². The lowest BCUT2D eigenvalue weighted by molar-refractivity contribution is 0.0950. The van der Waals surface area contributed by atoms with Gasteiger partial charge >= 0.3 is 0 Å². The fraction of sp³-hybridized carbons (Fsp3) is 0.217. The highest BCUT2D eigenvalue weighted by atomic mass is 32.2. The van der Waals surface area contributed by atoms with Crippen LogP contribution in [0.1, 0.15) is 23.7 Å². The highest BCUT2D eigenvalue weighted by Crippen LogP contribution is 2.30. The second-order valence-electron chi connectivity index (χ2n) is 6.86. The third-order valence-electron chi connectivity index (χ3n) is 4.53. The van der Waals surface area contributed by atoms with E-state index in [1.165, 1.54) is 32.5 Å². The lowest BCUT2D eigenvalue weighted by Gasteiger charge is -2.13. The molecule has 174 valence electrons. The Morgan fingerprint density at radius 3 is 2.39 bits per heavy atom. The van der Waals surface area contributed by atoms with Crippen molar-refractivity contribution in [3.63, 3.8) is 0 Å². The molecule has 3 rings (SSSR count). The van der Waals surface area contributed by atoms with Crippen molar-refractivity contribution in [3.8, 4) is 23.1 Å². The van der Waals surface area contributed by atoms with Crippen molar-refractivity contribution in [1.82, 2.24) is 10.3 Å². The summed E-state index contributed by atoms with van der Waals surface area (Å²) in [6.45, 7) is 2.50. The first kappa shape index (κ1) is 23.9. The number of nitrogens with one attached hydrogen (secondary N) is 2. The predicted octanol–water partition coefficient (Wildman–Crippen LogP) is 3.83. The Morgan fingerprint density at radius 1 is 1.00 bits per heavy atom. The number of aromatic nitrogens is 1. The molecule has 0 fully saturated rings. The van der Waals surface area contributed by atoms with Crippen molar-refractivity contribution in [2.45, 2.75) is 18.2 Å². The number of hydrogen-bond acceptors (Lipinski definition) is 7. The Morgan fingerprint density at radius 2 is 1.73 bits per heavy atom. The monoisotopic (exact) mass is 471 g/mol. The summed E-state index contributed by atoms with van der Waals surface area (Å²) in [5, 5.41) is 2.79. The van der Waals surface area contributed by atoms with Crippen LogP contribution in [0, 0.1) is 0 Å². The van der Waals surface area contributed by atoms with E-state index < -0.39 is 10.0 Å². The smallest absolute Gasteiger partial charge is 0.265 e. The SMILES string of the molecule is CCCNC(=O)c1cccnc1Oc1ccc(NS(=O)(=O)c2cc(OC)ccc2OC)cc1. The van der Waals surface area contributed by atoms with E-state index in [0.29, 0.717) is 29.3 Å². The summed E-state index contributed by atoms with van der Waals surface area (Å²) in [7, 11) is -1.11. The van der Waals surface area contributed by atoms with Gasteiger partial charge in [0.2, 0.25) is 5.88 Å². The van der Waals surface area contributed by atoms with Gasteiger partial charge in [0.15, 0.2) is 0 Å². The molecule has 1 heterocycles. The van der Waals surface area contributed by atoms with Crippen LogP contribution in [0.25, 0.3) is 0 Å². The number of hydrogen-bond donors (Lipinski definition) is 2. The first-order chi connectivity index (χ1) is 15.9. The minimum Gasteiger partial charge on any atom is -0.497 e. The fourth-order valence-electron chi connectivity index (χ4n) is 2.89. The molecule has 2 N–H and O–H groups in total. The van der Waals surface area contributed by atoms with Gasteiger partial charge in [0.25, 0.3) is 15.9 Å². The lowest BCUT2D eigenvalue weighted by atomic mass is 10.2. The molecule has 1 aromatic heterocycles. The standard InChI is InChI=1S/C23H25N3O6S/c1-4-13-24-22(27)19-6-5-14-25-23(19)32-17-9-7-16(8-10-17)26-33(28,29)21-15-18(30-2)11-12-20(21)31-3/h5-12,14-15,26H,4,13H2,1-3H3,(H,24,27). The summed E-state index contributed by atoms with van der Waals surface area (Å²) in [6.07, 6.45) is 2.33. The average molecular weight is 472 g/mol. The first-order valence-electron chi connectivity index (χ1n) is 10.1. The number of methoxy groups -OCH3 is 2. The van der Waals surface area contributed by atoms with E-state index in [1.54, 1.807) is 42.5 Å². The summed E-state index contributed by atoms with van der Waals surface area (Å²) < 4.78 is 44.4. The number of ether oxygens (including phenoxy) is 3. The van der Waals surface area contributed by atoms with Gasteiger partial charge in [-0.3, -0.25) is 9.52 Å². The summed E-state index contributed by atoms with van der Waals surface area (Å²) in [5.74, 6) is 0.832. The molecule has 0 radical (unpaired) electrons. The van der Waals surface area contributed by atoms with E-state index in [0.717, 1.165) is 6.42 Å². The number of anilines is 1. The molecule has 0 atom stereocenters. The van der Waals surface area contributed by atoms with Gasteiger partial charge in [0.05, 0.1) is 14.2 Å². The zero-order chi connectivity index (χ0) is 23.8. The molecule has 0 spiro atoms. The summed E-state index contributed by atoms with van der Waals surface area (Å²) >= 11 is 0. The molecule has 33 heavy (non-hydrogen) atoms. The summed E-state index contributed by atoms with van der Waals surface area (Å²) in [6, 6.07) is 14.0. The Balaban J connectivity index is 1.78. The molecule has 0 bridgehead atoms. The van der Waals surface area contributed by atoms with E-state index in [1.807, 2.05) is 6.92 Å². The number of pyridine rings is 1. The molecule has 0 aliphatic heterocycles. The highest BCUT2D eigenvalue weighted by Gasteiger charge is 2.21. The van der Waals surface area contributed by atoms with Gasteiger partial charge in [0, 0.05) is 24.5 Å². The molecular weight excluding hydrogens is 446 g/mol. The molecule has 3 aromatic rings. The van der Waals surface area contributed by atoms with Gasteiger partial charge < -0.3 is 19.5 Å². The maximum atomic E-state index is 12.9. The number of amides is 1. The summed E-state index contributed by atoms with van der Waals surface area (Å²) in [4.78, 5) is 16.4. The maximum absolute atomic E-state index is 12.9. The van der Waals surface area contributed by atoms with Crippen molar-refractivity contribution >= 4 is 21.6 Å². The van der Waals surface area contributed by atoms with Crippen LogP contribution in [-0.2, 0) is 10.0 Å². The second-order valence-corrected chi connectivity index (χ2v) is 8.51. The minimum atomic E-state index is -3.95. The van der Waals surface area contributed by atoms with E-state index in [9.17, 15) is 13.2 Å². The molecule has 0 unspecified atom stereocenters. The number of carbonyl (C=O) groups excluding carboxylic acids is 1. The van der Waals surface area contributed by atoms with Crippen LogP contribution in [0.3, 0.4) is 0 Å². The van der Waals surface area contributed by atoms with Gasteiger partial charge in [-0.15, -0.1) is 0 Å². The largest absolute Gasteiger partial charge is 0.497 e. The molecule has 0 saturated carbocycles. The summed E-state index contributed by atoms with van der Waals surface area (Å²) in [5.41, 5.74) is 0.620.